The number of likely N-dealkylation sites (tertiary alicyclic amines) is 2. The van der Waals surface area contributed by atoms with Gasteiger partial charge in [0.2, 0.25) is 0 Å². The molecule has 0 amide bonds. The molecular weight excluding hydrogens is 490 g/mol. The van der Waals surface area contributed by atoms with Crippen LogP contribution in [0.2, 0.25) is 0 Å². The molecule has 2 fully saturated rings. The number of aromatic nitrogens is 4. The van der Waals surface area contributed by atoms with Crippen LogP contribution in [0.1, 0.15) is 62.8 Å². The van der Waals surface area contributed by atoms with E-state index in [0.29, 0.717) is 19.6 Å². The highest BCUT2D eigenvalue weighted by Crippen LogP contribution is 2.44. The third-order valence-corrected chi connectivity index (χ3v) is 8.18. The molecule has 210 valence electrons. The van der Waals surface area contributed by atoms with Crippen LogP contribution < -0.4 is 0 Å². The van der Waals surface area contributed by atoms with Gasteiger partial charge in [-0.05, 0) is 54.3 Å². The second-order valence-electron chi connectivity index (χ2n) is 12.8. The topological polar surface area (TPSA) is 104 Å². The normalized spacial score (nSPS) is 20.3. The largest absolute Gasteiger partial charge is 0.480 e. The van der Waals surface area contributed by atoms with Crippen molar-refractivity contribution in [1.82, 2.24) is 34.6 Å². The molecule has 0 aliphatic carbocycles. The van der Waals surface area contributed by atoms with Crippen molar-refractivity contribution in [3.05, 3.63) is 71.8 Å². The average molecular weight is 534 g/mol. The Labute approximate surface area is 231 Å². The minimum absolute atomic E-state index is 0.121. The highest BCUT2D eigenvalue weighted by molar-refractivity contribution is 5.74. The molecule has 2 aromatic heterocycles. The number of benzene rings is 1. The first kappa shape index (κ1) is 27.6. The van der Waals surface area contributed by atoms with E-state index in [2.05, 4.69) is 79.7 Å². The number of carboxylic acid groups (broad SMARTS) is 1. The van der Waals surface area contributed by atoms with Crippen molar-refractivity contribution in [2.45, 2.75) is 72.3 Å². The lowest BCUT2D eigenvalue weighted by Gasteiger charge is -2.41. The van der Waals surface area contributed by atoms with Crippen molar-refractivity contribution in [2.75, 3.05) is 26.2 Å². The zero-order valence-electron chi connectivity index (χ0n) is 23.6. The Bertz CT molecular complexity index is 1140. The Morgan fingerprint density at radius 2 is 1.59 bits per heavy atom. The Hall–Kier alpha value is -3.01. The number of H-pyrrole nitrogens is 2. The molecule has 1 unspecified atom stereocenters. The molecule has 3 N–H and O–H groups in total. The second-order valence-corrected chi connectivity index (χ2v) is 12.8. The van der Waals surface area contributed by atoms with Gasteiger partial charge in [-0.2, -0.15) is 0 Å². The van der Waals surface area contributed by atoms with E-state index in [-0.39, 0.29) is 10.8 Å². The highest BCUT2D eigenvalue weighted by atomic mass is 16.4. The summed E-state index contributed by atoms with van der Waals surface area (Å²) < 4.78 is 0. The van der Waals surface area contributed by atoms with Crippen LogP contribution in [0.5, 0.6) is 0 Å². The van der Waals surface area contributed by atoms with Gasteiger partial charge in [-0.3, -0.25) is 14.6 Å². The van der Waals surface area contributed by atoms with Crippen LogP contribution in [0.25, 0.3) is 0 Å². The lowest BCUT2D eigenvalue weighted by Crippen LogP contribution is -2.44. The zero-order chi connectivity index (χ0) is 27.5. The van der Waals surface area contributed by atoms with Gasteiger partial charge in [0.1, 0.15) is 17.7 Å². The van der Waals surface area contributed by atoms with Crippen LogP contribution in [0.3, 0.4) is 0 Å². The summed E-state index contributed by atoms with van der Waals surface area (Å²) in [6, 6.07) is 8.24. The van der Waals surface area contributed by atoms with Gasteiger partial charge in [-0.15, -0.1) is 0 Å². The number of aromatic amines is 2. The summed E-state index contributed by atoms with van der Waals surface area (Å²) in [5.41, 5.74) is 2.78. The summed E-state index contributed by atoms with van der Waals surface area (Å²) in [5, 5.41) is 10.1. The number of carboxylic acids is 1. The lowest BCUT2D eigenvalue weighted by molar-refractivity contribution is -0.142. The van der Waals surface area contributed by atoms with E-state index in [1.807, 2.05) is 12.4 Å². The monoisotopic (exact) mass is 533 g/mol. The number of hydrogen-bond donors (Lipinski definition) is 3. The summed E-state index contributed by atoms with van der Waals surface area (Å²) >= 11 is 0. The number of aliphatic carboxylic acids is 1. The number of hydrogen-bond acceptors (Lipinski definition) is 6. The third kappa shape index (κ3) is 7.35. The van der Waals surface area contributed by atoms with Crippen LogP contribution in [0, 0.1) is 10.8 Å². The minimum Gasteiger partial charge on any atom is -0.480 e. The number of imidazole rings is 2. The van der Waals surface area contributed by atoms with Crippen molar-refractivity contribution in [3.8, 4) is 0 Å². The van der Waals surface area contributed by atoms with Crippen LogP contribution in [0.4, 0.5) is 0 Å². The molecule has 1 aromatic carbocycles. The van der Waals surface area contributed by atoms with E-state index in [1.165, 1.54) is 5.56 Å². The molecule has 0 radical (unpaired) electrons. The van der Waals surface area contributed by atoms with Crippen LogP contribution in [0.15, 0.2) is 49.1 Å². The van der Waals surface area contributed by atoms with Gasteiger partial charge in [0.15, 0.2) is 0 Å². The zero-order valence-corrected chi connectivity index (χ0v) is 23.6. The molecule has 2 aliphatic rings. The molecule has 39 heavy (non-hydrogen) atoms. The van der Waals surface area contributed by atoms with Gasteiger partial charge in [0.05, 0.1) is 13.1 Å². The van der Waals surface area contributed by atoms with Crippen molar-refractivity contribution < 1.29 is 9.90 Å². The quantitative estimate of drug-likeness (QED) is 0.360. The van der Waals surface area contributed by atoms with E-state index >= 15 is 0 Å². The number of carbonyl (C=O) groups is 1. The number of nitrogens with zero attached hydrogens (tertiary/aromatic N) is 5. The number of nitrogens with one attached hydrogen (secondary N) is 2. The summed E-state index contributed by atoms with van der Waals surface area (Å²) in [5.74, 6) is 1.15. The fourth-order valence-corrected chi connectivity index (χ4v) is 6.38. The molecule has 9 nitrogen and oxygen atoms in total. The maximum Gasteiger partial charge on any atom is 0.320 e. The van der Waals surface area contributed by atoms with Crippen LogP contribution >= 0.6 is 0 Å². The molecule has 9 heteroatoms. The molecule has 5 rings (SSSR count). The standard InChI is InChI=1S/C30H43N7O2/c1-29(2,3)21-35-14-8-30(9-15-35)16-25(28(38)39)37(22-30)18-24-6-4-23(5-7-24)17-36(19-26-31-10-11-32-26)20-27-33-12-13-34-27/h4-7,10-13,25H,8-9,14-22H2,1-3H3,(H,31,32)(H,33,34)(H,38,39). The SMILES string of the molecule is CC(C)(C)CN1CCC2(CC1)CC(C(=O)O)N(Cc1ccc(CN(Cc3ncc[nH]3)Cc3ncc[nH]3)cc1)C2. The lowest BCUT2D eigenvalue weighted by atomic mass is 9.76. The highest BCUT2D eigenvalue weighted by Gasteiger charge is 2.48. The van der Waals surface area contributed by atoms with Gasteiger partial charge >= 0.3 is 5.97 Å². The fraction of sp³-hybridized carbons (Fsp3) is 0.567. The predicted octanol–water partition coefficient (Wildman–Crippen LogP) is 4.12. The van der Waals surface area contributed by atoms with E-state index in [9.17, 15) is 9.90 Å². The van der Waals surface area contributed by atoms with Gasteiger partial charge in [-0.25, -0.2) is 9.97 Å². The molecule has 4 heterocycles. The van der Waals surface area contributed by atoms with E-state index < -0.39 is 12.0 Å². The molecule has 1 atom stereocenters. The Balaban J connectivity index is 1.21. The van der Waals surface area contributed by atoms with Crippen molar-refractivity contribution in [2.24, 2.45) is 10.8 Å². The maximum atomic E-state index is 12.2. The molecule has 1 spiro atoms. The predicted molar refractivity (Wildman–Crippen MR) is 151 cm³/mol. The van der Waals surface area contributed by atoms with E-state index in [4.69, 9.17) is 0 Å². The molecular formula is C30H43N7O2. The fourth-order valence-electron chi connectivity index (χ4n) is 6.38. The average Bonchev–Trinajstić information content (AvgIpc) is 3.64. The summed E-state index contributed by atoms with van der Waals surface area (Å²) in [6.45, 7) is 13.8. The maximum absolute atomic E-state index is 12.2. The summed E-state index contributed by atoms with van der Waals surface area (Å²) in [4.78, 5) is 34.5. The summed E-state index contributed by atoms with van der Waals surface area (Å²) in [7, 11) is 0. The Morgan fingerprint density at radius 1 is 1.00 bits per heavy atom. The van der Waals surface area contributed by atoms with E-state index in [0.717, 1.165) is 69.2 Å². The van der Waals surface area contributed by atoms with E-state index in [1.54, 1.807) is 12.4 Å². The molecule has 0 bridgehead atoms. The molecule has 2 saturated heterocycles. The first-order valence-electron chi connectivity index (χ1n) is 14.1. The Kier molecular flexibility index (Phi) is 8.21. The smallest absolute Gasteiger partial charge is 0.320 e. The summed E-state index contributed by atoms with van der Waals surface area (Å²) in [6.07, 6.45) is 10.2. The Morgan fingerprint density at radius 3 is 2.10 bits per heavy atom. The third-order valence-electron chi connectivity index (χ3n) is 8.18. The van der Waals surface area contributed by atoms with Gasteiger partial charge in [-0.1, -0.05) is 45.0 Å². The van der Waals surface area contributed by atoms with Crippen molar-refractivity contribution in [3.63, 3.8) is 0 Å². The molecule has 3 aromatic rings. The van der Waals surface area contributed by atoms with Gasteiger partial charge in [0, 0.05) is 51.0 Å². The number of rotatable bonds is 10. The molecule has 2 aliphatic heterocycles. The minimum atomic E-state index is -0.688. The van der Waals surface area contributed by atoms with Crippen molar-refractivity contribution in [1.29, 1.82) is 0 Å². The number of piperidine rings is 1. The van der Waals surface area contributed by atoms with Crippen LogP contribution in [-0.4, -0.2) is 77.9 Å². The van der Waals surface area contributed by atoms with Gasteiger partial charge < -0.3 is 20.0 Å². The molecule has 0 saturated carbocycles. The first-order chi connectivity index (χ1) is 18.7. The second kappa shape index (κ2) is 11.6. The first-order valence-corrected chi connectivity index (χ1v) is 14.1. The van der Waals surface area contributed by atoms with Gasteiger partial charge in [0.25, 0.3) is 0 Å². The van der Waals surface area contributed by atoms with Crippen LogP contribution in [-0.2, 0) is 31.0 Å². The van der Waals surface area contributed by atoms with Crippen molar-refractivity contribution >= 4 is 5.97 Å².